The molecule has 2 aromatic rings. The summed E-state index contributed by atoms with van der Waals surface area (Å²) in [7, 11) is 0. The van der Waals surface area contributed by atoms with Crippen molar-refractivity contribution in [1.82, 2.24) is 15.1 Å². The van der Waals surface area contributed by atoms with Crippen molar-refractivity contribution in [3.05, 3.63) is 53.7 Å². The number of benzene rings is 1. The summed E-state index contributed by atoms with van der Waals surface area (Å²) in [6.45, 7) is 7.71. The molecule has 0 bridgehead atoms. The first-order valence-electron chi connectivity index (χ1n) is 8.09. The Balaban J connectivity index is 1.37. The van der Waals surface area contributed by atoms with Crippen LogP contribution >= 0.6 is 0 Å². The van der Waals surface area contributed by atoms with E-state index in [-0.39, 0.29) is 0 Å². The van der Waals surface area contributed by atoms with Crippen molar-refractivity contribution in [2.24, 2.45) is 11.8 Å². The van der Waals surface area contributed by atoms with Crippen LogP contribution in [-0.2, 0) is 6.54 Å². The molecule has 3 heterocycles. The molecule has 4 rings (SSSR count). The van der Waals surface area contributed by atoms with Gasteiger partial charge in [-0.05, 0) is 36.5 Å². The quantitative estimate of drug-likeness (QED) is 0.870. The van der Waals surface area contributed by atoms with Crippen LogP contribution in [0.4, 0.5) is 5.82 Å². The van der Waals surface area contributed by atoms with Gasteiger partial charge >= 0.3 is 0 Å². The molecule has 0 saturated carbocycles. The molecular formula is C18H22N4. The maximum absolute atomic E-state index is 4.34. The molecular weight excluding hydrogens is 272 g/mol. The van der Waals surface area contributed by atoms with Crippen LogP contribution in [-0.4, -0.2) is 41.3 Å². The Morgan fingerprint density at radius 1 is 0.909 bits per heavy atom. The molecule has 0 N–H and O–H groups in total. The second-order valence-electron chi connectivity index (χ2n) is 6.64. The SMILES string of the molecule is Cc1ccc(N2C[C@@H]3CN(Cc4ccccc4)C[C@H]3C2)nn1. The van der Waals surface area contributed by atoms with E-state index in [2.05, 4.69) is 62.5 Å². The van der Waals surface area contributed by atoms with Gasteiger partial charge in [0.05, 0.1) is 5.69 Å². The minimum atomic E-state index is 0.770. The molecule has 2 aliphatic rings. The molecule has 2 atom stereocenters. The van der Waals surface area contributed by atoms with E-state index in [1.165, 1.54) is 18.7 Å². The summed E-state index contributed by atoms with van der Waals surface area (Å²) in [4.78, 5) is 5.00. The Morgan fingerprint density at radius 3 is 2.27 bits per heavy atom. The number of nitrogens with zero attached hydrogens (tertiary/aromatic N) is 4. The van der Waals surface area contributed by atoms with E-state index in [1.54, 1.807) is 0 Å². The second-order valence-corrected chi connectivity index (χ2v) is 6.64. The third kappa shape index (κ3) is 2.71. The van der Waals surface area contributed by atoms with E-state index in [4.69, 9.17) is 0 Å². The van der Waals surface area contributed by atoms with Crippen molar-refractivity contribution < 1.29 is 0 Å². The van der Waals surface area contributed by atoms with E-state index in [0.29, 0.717) is 0 Å². The standard InChI is InChI=1S/C18H22N4/c1-14-7-8-18(20-19-14)22-12-16-10-21(11-17(16)13-22)9-15-5-3-2-4-6-15/h2-8,16-17H,9-13H2,1H3/t16-,17-/m0/s1. The van der Waals surface area contributed by atoms with Crippen molar-refractivity contribution in [2.45, 2.75) is 13.5 Å². The smallest absolute Gasteiger partial charge is 0.151 e. The molecule has 1 aromatic heterocycles. The molecule has 0 radical (unpaired) electrons. The van der Waals surface area contributed by atoms with Gasteiger partial charge in [-0.25, -0.2) is 0 Å². The van der Waals surface area contributed by atoms with Crippen LogP contribution in [0.3, 0.4) is 0 Å². The lowest BCUT2D eigenvalue weighted by Gasteiger charge is -2.22. The molecule has 2 fully saturated rings. The van der Waals surface area contributed by atoms with Crippen molar-refractivity contribution in [3.63, 3.8) is 0 Å². The van der Waals surface area contributed by atoms with E-state index in [0.717, 1.165) is 43.0 Å². The molecule has 0 unspecified atom stereocenters. The van der Waals surface area contributed by atoms with Crippen LogP contribution in [0.1, 0.15) is 11.3 Å². The van der Waals surface area contributed by atoms with Gasteiger partial charge in [0.25, 0.3) is 0 Å². The lowest BCUT2D eigenvalue weighted by Crippen LogP contribution is -2.29. The maximum Gasteiger partial charge on any atom is 0.151 e. The fourth-order valence-corrected chi connectivity index (χ4v) is 3.81. The number of aromatic nitrogens is 2. The first-order chi connectivity index (χ1) is 10.8. The third-order valence-corrected chi connectivity index (χ3v) is 4.92. The van der Waals surface area contributed by atoms with Crippen LogP contribution < -0.4 is 4.90 Å². The highest BCUT2D eigenvalue weighted by Gasteiger charge is 2.40. The normalized spacial score (nSPS) is 24.7. The summed E-state index contributed by atoms with van der Waals surface area (Å²) in [6, 6.07) is 14.9. The Labute approximate surface area is 131 Å². The summed E-state index contributed by atoms with van der Waals surface area (Å²) >= 11 is 0. The van der Waals surface area contributed by atoms with Crippen molar-refractivity contribution >= 4 is 5.82 Å². The van der Waals surface area contributed by atoms with Gasteiger partial charge in [-0.1, -0.05) is 30.3 Å². The monoisotopic (exact) mass is 294 g/mol. The van der Waals surface area contributed by atoms with Gasteiger partial charge in [0.15, 0.2) is 5.82 Å². The Hall–Kier alpha value is -1.94. The second kappa shape index (κ2) is 5.69. The summed E-state index contributed by atoms with van der Waals surface area (Å²) in [5.41, 5.74) is 2.40. The molecule has 0 amide bonds. The van der Waals surface area contributed by atoms with Crippen molar-refractivity contribution in [1.29, 1.82) is 0 Å². The fourth-order valence-electron chi connectivity index (χ4n) is 3.81. The van der Waals surface area contributed by atoms with Crippen LogP contribution in [0.5, 0.6) is 0 Å². The number of hydrogen-bond acceptors (Lipinski definition) is 4. The van der Waals surface area contributed by atoms with Crippen LogP contribution in [0, 0.1) is 18.8 Å². The lowest BCUT2D eigenvalue weighted by atomic mass is 10.0. The molecule has 4 nitrogen and oxygen atoms in total. The fraction of sp³-hybridized carbons (Fsp3) is 0.444. The average molecular weight is 294 g/mol. The maximum atomic E-state index is 4.34. The van der Waals surface area contributed by atoms with Crippen molar-refractivity contribution in [3.8, 4) is 0 Å². The Morgan fingerprint density at radius 2 is 1.64 bits per heavy atom. The zero-order valence-corrected chi connectivity index (χ0v) is 13.0. The highest BCUT2D eigenvalue weighted by molar-refractivity contribution is 5.39. The minimum absolute atomic E-state index is 0.770. The van der Waals surface area contributed by atoms with Gasteiger partial charge in [0.1, 0.15) is 0 Å². The van der Waals surface area contributed by atoms with Gasteiger partial charge < -0.3 is 4.90 Å². The molecule has 4 heteroatoms. The first-order valence-corrected chi connectivity index (χ1v) is 8.09. The average Bonchev–Trinajstić information content (AvgIpc) is 3.07. The summed E-state index contributed by atoms with van der Waals surface area (Å²) in [5.74, 6) is 2.58. The van der Waals surface area contributed by atoms with E-state index >= 15 is 0 Å². The third-order valence-electron chi connectivity index (χ3n) is 4.92. The minimum Gasteiger partial charge on any atom is -0.354 e. The Kier molecular flexibility index (Phi) is 3.54. The van der Waals surface area contributed by atoms with Crippen LogP contribution in [0.2, 0.25) is 0 Å². The predicted molar refractivity (Wildman–Crippen MR) is 87.7 cm³/mol. The number of rotatable bonds is 3. The van der Waals surface area contributed by atoms with Gasteiger partial charge in [-0.2, -0.15) is 5.10 Å². The number of anilines is 1. The zero-order chi connectivity index (χ0) is 14.9. The van der Waals surface area contributed by atoms with Gasteiger partial charge in [0.2, 0.25) is 0 Å². The van der Waals surface area contributed by atoms with Gasteiger partial charge in [0, 0.05) is 32.7 Å². The van der Waals surface area contributed by atoms with E-state index < -0.39 is 0 Å². The van der Waals surface area contributed by atoms with Crippen LogP contribution in [0.25, 0.3) is 0 Å². The number of hydrogen-bond donors (Lipinski definition) is 0. The van der Waals surface area contributed by atoms with Crippen LogP contribution in [0.15, 0.2) is 42.5 Å². The van der Waals surface area contributed by atoms with Crippen molar-refractivity contribution in [2.75, 3.05) is 31.1 Å². The number of aryl methyl sites for hydroxylation is 1. The highest BCUT2D eigenvalue weighted by Crippen LogP contribution is 2.33. The largest absolute Gasteiger partial charge is 0.354 e. The van der Waals surface area contributed by atoms with Gasteiger partial charge in [-0.3, -0.25) is 4.90 Å². The molecule has 2 saturated heterocycles. The Bertz CT molecular complexity index is 611. The zero-order valence-electron chi connectivity index (χ0n) is 13.0. The molecule has 0 aliphatic carbocycles. The molecule has 0 spiro atoms. The predicted octanol–water partition coefficient (Wildman–Crippen LogP) is 2.35. The molecule has 114 valence electrons. The topological polar surface area (TPSA) is 32.3 Å². The number of likely N-dealkylation sites (tertiary alicyclic amines) is 1. The highest BCUT2D eigenvalue weighted by atomic mass is 15.3. The summed E-state index contributed by atoms with van der Waals surface area (Å²) < 4.78 is 0. The summed E-state index contributed by atoms with van der Waals surface area (Å²) in [6.07, 6.45) is 0. The van der Waals surface area contributed by atoms with E-state index in [9.17, 15) is 0 Å². The molecule has 1 aromatic carbocycles. The van der Waals surface area contributed by atoms with E-state index in [1.807, 2.05) is 6.92 Å². The molecule has 2 aliphatic heterocycles. The number of fused-ring (bicyclic) bond motifs is 1. The lowest BCUT2D eigenvalue weighted by molar-refractivity contribution is 0.309. The first kappa shape index (κ1) is 13.7. The van der Waals surface area contributed by atoms with Gasteiger partial charge in [-0.15, -0.1) is 5.10 Å². The molecule has 22 heavy (non-hydrogen) atoms. The summed E-state index contributed by atoms with van der Waals surface area (Å²) in [5, 5.41) is 8.52.